The number of hydrogen-bond donors (Lipinski definition) is 0. The van der Waals surface area contributed by atoms with Crippen LogP contribution in [0, 0.1) is 20.8 Å². The van der Waals surface area contributed by atoms with Gasteiger partial charge in [-0.2, -0.15) is 0 Å². The lowest BCUT2D eigenvalue weighted by Crippen LogP contribution is -2.17. The van der Waals surface area contributed by atoms with Crippen LogP contribution in [0.5, 0.6) is 0 Å². The second kappa shape index (κ2) is 7.51. The third kappa shape index (κ3) is 3.89. The number of benzene rings is 1. The summed E-state index contributed by atoms with van der Waals surface area (Å²) in [6.07, 6.45) is 1.20. The number of halogens is 3. The predicted molar refractivity (Wildman–Crippen MR) is 94.5 cm³/mol. The smallest absolute Gasteiger partial charge is 0.358 e. The number of aromatic nitrogens is 1. The van der Waals surface area contributed by atoms with Crippen molar-refractivity contribution >= 4 is 46.6 Å². The molecule has 0 atom stereocenters. The Morgan fingerprint density at radius 2 is 1.62 bits per heavy atom. The Morgan fingerprint density at radius 1 is 1.04 bits per heavy atom. The molecule has 0 fully saturated rings. The summed E-state index contributed by atoms with van der Waals surface area (Å²) in [6.45, 7) is 5.22. The topological polar surface area (TPSA) is 56.3 Å². The summed E-state index contributed by atoms with van der Waals surface area (Å²) in [5, 5.41) is 0.0290. The van der Waals surface area contributed by atoms with Crippen LogP contribution >= 0.6 is 34.8 Å². The van der Waals surface area contributed by atoms with Gasteiger partial charge in [-0.25, -0.2) is 9.78 Å². The second-order valence-corrected chi connectivity index (χ2v) is 6.52. The summed E-state index contributed by atoms with van der Waals surface area (Å²) >= 11 is 17.6. The van der Waals surface area contributed by atoms with Gasteiger partial charge in [0.15, 0.2) is 12.3 Å². The molecule has 2 rings (SSSR count). The fourth-order valence-electron chi connectivity index (χ4n) is 2.48. The van der Waals surface area contributed by atoms with E-state index in [1.165, 1.54) is 6.20 Å². The average Bonchev–Trinajstić information content (AvgIpc) is 2.49. The molecule has 0 aliphatic carbocycles. The van der Waals surface area contributed by atoms with E-state index in [0.717, 1.165) is 16.7 Å². The molecule has 0 aliphatic rings. The van der Waals surface area contributed by atoms with Gasteiger partial charge in [0.25, 0.3) is 0 Å². The molecule has 1 aromatic heterocycles. The van der Waals surface area contributed by atoms with Gasteiger partial charge in [-0.05, 0) is 31.9 Å². The summed E-state index contributed by atoms with van der Waals surface area (Å²) in [4.78, 5) is 28.2. The minimum absolute atomic E-state index is 0.0110. The molecule has 24 heavy (non-hydrogen) atoms. The number of ether oxygens (including phenoxy) is 1. The monoisotopic (exact) mass is 385 g/mol. The van der Waals surface area contributed by atoms with Crippen LogP contribution in [0.4, 0.5) is 0 Å². The minimum Gasteiger partial charge on any atom is -0.453 e. The van der Waals surface area contributed by atoms with Crippen LogP contribution in [0.15, 0.2) is 18.3 Å². The summed E-state index contributed by atoms with van der Waals surface area (Å²) in [7, 11) is 0. The van der Waals surface area contributed by atoms with Crippen LogP contribution < -0.4 is 0 Å². The number of esters is 1. The largest absolute Gasteiger partial charge is 0.453 e. The zero-order valence-electron chi connectivity index (χ0n) is 13.2. The maximum absolute atomic E-state index is 12.4. The van der Waals surface area contributed by atoms with Crippen LogP contribution in [0.2, 0.25) is 15.1 Å². The summed E-state index contributed by atoms with van der Waals surface area (Å²) in [6, 6.07) is 3.80. The minimum atomic E-state index is -0.839. The number of aryl methyl sites for hydroxylation is 3. The molecule has 1 aromatic carbocycles. The number of hydrogen-bond acceptors (Lipinski definition) is 4. The van der Waals surface area contributed by atoms with Crippen molar-refractivity contribution in [1.29, 1.82) is 0 Å². The van der Waals surface area contributed by atoms with Crippen LogP contribution in [0.25, 0.3) is 0 Å². The van der Waals surface area contributed by atoms with Crippen molar-refractivity contribution in [3.05, 3.63) is 61.3 Å². The SMILES string of the molecule is Cc1cc(C)c(C(=O)COC(=O)c2ncc(Cl)c(Cl)c2Cl)c(C)c1. The van der Waals surface area contributed by atoms with Crippen LogP contribution in [-0.2, 0) is 4.74 Å². The summed E-state index contributed by atoms with van der Waals surface area (Å²) < 4.78 is 5.02. The average molecular weight is 387 g/mol. The molecule has 0 saturated carbocycles. The van der Waals surface area contributed by atoms with Crippen LogP contribution in [-0.4, -0.2) is 23.3 Å². The van der Waals surface area contributed by atoms with E-state index in [2.05, 4.69) is 4.98 Å². The zero-order chi connectivity index (χ0) is 18.0. The molecule has 0 spiro atoms. The Hall–Kier alpha value is -1.62. The maximum atomic E-state index is 12.4. The predicted octanol–water partition coefficient (Wildman–Crippen LogP) is 5.01. The van der Waals surface area contributed by atoms with Crippen molar-refractivity contribution in [3.63, 3.8) is 0 Å². The Labute approximate surface area is 154 Å². The highest BCUT2D eigenvalue weighted by atomic mass is 35.5. The molecular weight excluding hydrogens is 373 g/mol. The molecule has 2 aromatic rings. The highest BCUT2D eigenvalue weighted by molar-refractivity contribution is 6.48. The first-order valence-electron chi connectivity index (χ1n) is 7.00. The van der Waals surface area contributed by atoms with Gasteiger partial charge in [-0.3, -0.25) is 4.79 Å². The van der Waals surface area contributed by atoms with Gasteiger partial charge in [0.1, 0.15) is 0 Å². The van der Waals surface area contributed by atoms with Crippen molar-refractivity contribution in [2.24, 2.45) is 0 Å². The number of nitrogens with zero attached hydrogens (tertiary/aromatic N) is 1. The van der Waals surface area contributed by atoms with Crippen molar-refractivity contribution < 1.29 is 14.3 Å². The van der Waals surface area contributed by atoms with E-state index in [1.54, 1.807) is 0 Å². The fraction of sp³-hybridized carbons (Fsp3) is 0.235. The van der Waals surface area contributed by atoms with Gasteiger partial charge in [0.2, 0.25) is 5.78 Å². The van der Waals surface area contributed by atoms with Crippen molar-refractivity contribution in [2.45, 2.75) is 20.8 Å². The third-order valence-corrected chi connectivity index (χ3v) is 4.64. The molecule has 7 heteroatoms. The van der Waals surface area contributed by atoms with Gasteiger partial charge in [-0.15, -0.1) is 0 Å². The summed E-state index contributed by atoms with van der Waals surface area (Å²) in [5.41, 5.74) is 3.08. The highest BCUT2D eigenvalue weighted by Crippen LogP contribution is 2.31. The zero-order valence-corrected chi connectivity index (χ0v) is 15.5. The number of carbonyl (C=O) groups is 2. The number of Topliss-reactive ketones (excluding diaryl/α,β-unsaturated/α-hetero) is 1. The van der Waals surface area contributed by atoms with Crippen molar-refractivity contribution in [2.75, 3.05) is 6.61 Å². The Morgan fingerprint density at radius 3 is 2.21 bits per heavy atom. The second-order valence-electron chi connectivity index (χ2n) is 5.36. The Balaban J connectivity index is 2.15. The van der Waals surface area contributed by atoms with E-state index >= 15 is 0 Å². The fourth-order valence-corrected chi connectivity index (χ4v) is 3.03. The van der Waals surface area contributed by atoms with Crippen LogP contribution in [0.3, 0.4) is 0 Å². The molecule has 0 unspecified atom stereocenters. The lowest BCUT2D eigenvalue weighted by atomic mass is 9.97. The van der Waals surface area contributed by atoms with E-state index in [-0.39, 0.29) is 26.5 Å². The first-order chi connectivity index (χ1) is 11.2. The lowest BCUT2D eigenvalue weighted by Gasteiger charge is -2.11. The molecule has 0 amide bonds. The van der Waals surface area contributed by atoms with Gasteiger partial charge in [0.05, 0.1) is 15.1 Å². The van der Waals surface area contributed by atoms with E-state index in [0.29, 0.717) is 5.56 Å². The number of ketones is 1. The van der Waals surface area contributed by atoms with E-state index < -0.39 is 12.6 Å². The van der Waals surface area contributed by atoms with Gasteiger partial charge < -0.3 is 4.74 Å². The van der Waals surface area contributed by atoms with Crippen molar-refractivity contribution in [1.82, 2.24) is 4.98 Å². The molecule has 1 heterocycles. The normalized spacial score (nSPS) is 10.6. The lowest BCUT2D eigenvalue weighted by molar-refractivity contribution is 0.0468. The Bertz CT molecular complexity index is 811. The highest BCUT2D eigenvalue weighted by Gasteiger charge is 2.21. The van der Waals surface area contributed by atoms with Gasteiger partial charge in [0, 0.05) is 11.8 Å². The van der Waals surface area contributed by atoms with Gasteiger partial charge >= 0.3 is 5.97 Å². The number of carbonyl (C=O) groups excluding carboxylic acids is 2. The molecule has 0 bridgehead atoms. The molecule has 0 radical (unpaired) electrons. The van der Waals surface area contributed by atoms with Crippen LogP contribution in [0.1, 0.15) is 37.5 Å². The molecule has 0 N–H and O–H groups in total. The Kier molecular flexibility index (Phi) is 5.86. The standard InChI is InChI=1S/C17H14Cl3NO3/c1-8-4-9(2)13(10(3)5-8)12(22)7-24-17(23)16-15(20)14(19)11(18)6-21-16/h4-6H,7H2,1-3H3. The maximum Gasteiger partial charge on any atom is 0.358 e. The first kappa shape index (κ1) is 18.7. The van der Waals surface area contributed by atoms with E-state index in [4.69, 9.17) is 39.5 Å². The third-order valence-electron chi connectivity index (χ3n) is 3.40. The summed E-state index contributed by atoms with van der Waals surface area (Å²) in [5.74, 6) is -1.14. The quantitative estimate of drug-likeness (QED) is 0.547. The molecule has 0 aliphatic heterocycles. The van der Waals surface area contributed by atoms with E-state index in [9.17, 15) is 9.59 Å². The molecule has 0 saturated heterocycles. The first-order valence-corrected chi connectivity index (χ1v) is 8.13. The van der Waals surface area contributed by atoms with Gasteiger partial charge in [-0.1, -0.05) is 52.5 Å². The van der Waals surface area contributed by atoms with Crippen molar-refractivity contribution in [3.8, 4) is 0 Å². The number of pyridine rings is 1. The van der Waals surface area contributed by atoms with E-state index in [1.807, 2.05) is 32.9 Å². The number of rotatable bonds is 4. The molecular formula is C17H14Cl3NO3. The molecule has 126 valence electrons. The molecule has 4 nitrogen and oxygen atoms in total.